The van der Waals surface area contributed by atoms with E-state index in [0.29, 0.717) is 0 Å². The van der Waals surface area contributed by atoms with Crippen LogP contribution in [0.5, 0.6) is 0 Å². The van der Waals surface area contributed by atoms with Gasteiger partial charge in [0.25, 0.3) is 0 Å². The average molecular weight is 273 g/mol. The third-order valence-electron chi connectivity index (χ3n) is 2.51. The van der Waals surface area contributed by atoms with Gasteiger partial charge in [-0.15, -0.1) is 22.7 Å². The van der Waals surface area contributed by atoms with Gasteiger partial charge in [-0.25, -0.2) is 9.97 Å². The topological polar surface area (TPSA) is 37.8 Å². The molecule has 3 nitrogen and oxygen atoms in total. The van der Waals surface area contributed by atoms with Gasteiger partial charge in [-0.1, -0.05) is 12.1 Å². The molecule has 0 amide bonds. The second-order valence-corrected chi connectivity index (χ2v) is 5.61. The van der Waals surface area contributed by atoms with Gasteiger partial charge in [-0.3, -0.25) is 0 Å². The van der Waals surface area contributed by atoms with Crippen molar-refractivity contribution in [1.82, 2.24) is 9.97 Å². The monoisotopic (exact) mass is 273 g/mol. The molecule has 0 spiro atoms. The van der Waals surface area contributed by atoms with Crippen molar-refractivity contribution in [3.05, 3.63) is 46.8 Å². The lowest BCUT2D eigenvalue weighted by atomic mass is 10.3. The molecule has 0 saturated heterocycles. The molecule has 0 atom stereocenters. The summed E-state index contributed by atoms with van der Waals surface area (Å²) in [6.45, 7) is 2.03. The van der Waals surface area contributed by atoms with Crippen LogP contribution in [-0.2, 0) is 0 Å². The lowest BCUT2D eigenvalue weighted by molar-refractivity contribution is 1.24. The summed E-state index contributed by atoms with van der Waals surface area (Å²) >= 11 is 3.30. The number of anilines is 2. The summed E-state index contributed by atoms with van der Waals surface area (Å²) in [6, 6.07) is 8.08. The number of aryl methyl sites for hydroxylation is 1. The van der Waals surface area contributed by atoms with Crippen molar-refractivity contribution < 1.29 is 0 Å². The van der Waals surface area contributed by atoms with Crippen molar-refractivity contribution in [2.75, 3.05) is 5.32 Å². The van der Waals surface area contributed by atoms with Gasteiger partial charge < -0.3 is 5.32 Å². The first-order valence-electron chi connectivity index (χ1n) is 5.51. The summed E-state index contributed by atoms with van der Waals surface area (Å²) in [4.78, 5) is 10.1. The van der Waals surface area contributed by atoms with Crippen LogP contribution < -0.4 is 5.32 Å². The molecule has 3 heterocycles. The number of aromatic nitrogens is 2. The first-order valence-corrected chi connectivity index (χ1v) is 7.27. The van der Waals surface area contributed by atoms with E-state index in [1.807, 2.05) is 25.1 Å². The number of nitrogens with one attached hydrogen (secondary N) is 1. The summed E-state index contributed by atoms with van der Waals surface area (Å²) in [6.07, 6.45) is 1.78. The van der Waals surface area contributed by atoms with Gasteiger partial charge in [0.15, 0.2) is 5.13 Å². The Kier molecular flexibility index (Phi) is 3.08. The lowest BCUT2D eigenvalue weighted by Crippen LogP contribution is -1.94. The fourth-order valence-corrected chi connectivity index (χ4v) is 3.06. The van der Waals surface area contributed by atoms with Crippen molar-refractivity contribution in [2.45, 2.75) is 6.92 Å². The fraction of sp³-hybridized carbons (Fsp3) is 0.0769. The molecule has 0 aliphatic carbocycles. The van der Waals surface area contributed by atoms with Crippen molar-refractivity contribution in [1.29, 1.82) is 0 Å². The number of pyridine rings is 1. The zero-order valence-corrected chi connectivity index (χ0v) is 11.4. The minimum Gasteiger partial charge on any atom is -0.316 e. The number of hydrogen-bond donors (Lipinski definition) is 1. The normalized spacial score (nSPS) is 10.5. The quantitative estimate of drug-likeness (QED) is 0.772. The molecule has 0 radical (unpaired) electrons. The van der Waals surface area contributed by atoms with Gasteiger partial charge in [0, 0.05) is 11.6 Å². The first kappa shape index (κ1) is 11.4. The maximum absolute atomic E-state index is 4.57. The molecular weight excluding hydrogens is 262 g/mol. The highest BCUT2D eigenvalue weighted by molar-refractivity contribution is 7.16. The molecule has 0 bridgehead atoms. The van der Waals surface area contributed by atoms with E-state index in [2.05, 4.69) is 32.1 Å². The summed E-state index contributed by atoms with van der Waals surface area (Å²) in [5.41, 5.74) is 2.14. The number of hydrogen-bond acceptors (Lipinski definition) is 5. The van der Waals surface area contributed by atoms with Crippen LogP contribution in [-0.4, -0.2) is 9.97 Å². The van der Waals surface area contributed by atoms with E-state index in [-0.39, 0.29) is 0 Å². The van der Waals surface area contributed by atoms with E-state index in [4.69, 9.17) is 0 Å². The average Bonchev–Trinajstić information content (AvgIpc) is 3.02. The molecule has 0 unspecified atom stereocenters. The van der Waals surface area contributed by atoms with Crippen molar-refractivity contribution >= 4 is 33.6 Å². The van der Waals surface area contributed by atoms with Crippen molar-refractivity contribution in [2.24, 2.45) is 0 Å². The number of thiazole rings is 1. The highest BCUT2D eigenvalue weighted by Crippen LogP contribution is 2.29. The molecule has 3 rings (SSSR count). The predicted molar refractivity (Wildman–Crippen MR) is 77.7 cm³/mol. The molecule has 3 aromatic rings. The molecule has 0 saturated carbocycles. The van der Waals surface area contributed by atoms with E-state index in [9.17, 15) is 0 Å². The van der Waals surface area contributed by atoms with Crippen LogP contribution in [0.1, 0.15) is 5.56 Å². The highest BCUT2D eigenvalue weighted by atomic mass is 32.1. The van der Waals surface area contributed by atoms with Crippen LogP contribution in [0, 0.1) is 6.92 Å². The molecule has 90 valence electrons. The van der Waals surface area contributed by atoms with Crippen LogP contribution in [0.3, 0.4) is 0 Å². The summed E-state index contributed by atoms with van der Waals surface area (Å²) in [7, 11) is 0. The lowest BCUT2D eigenvalue weighted by Gasteiger charge is -2.03. The van der Waals surface area contributed by atoms with Gasteiger partial charge in [-0.2, -0.15) is 0 Å². The summed E-state index contributed by atoms with van der Waals surface area (Å²) in [5, 5.41) is 8.25. The molecule has 0 aliphatic rings. The van der Waals surface area contributed by atoms with Gasteiger partial charge in [-0.05, 0) is 30.0 Å². The third kappa shape index (κ3) is 2.27. The number of thiophene rings is 1. The van der Waals surface area contributed by atoms with Crippen LogP contribution in [0.4, 0.5) is 10.9 Å². The maximum atomic E-state index is 4.57. The van der Waals surface area contributed by atoms with Crippen LogP contribution in [0.2, 0.25) is 0 Å². The fourth-order valence-electron chi connectivity index (χ4n) is 1.59. The van der Waals surface area contributed by atoms with E-state index >= 15 is 0 Å². The van der Waals surface area contributed by atoms with Crippen molar-refractivity contribution in [3.63, 3.8) is 0 Å². The second-order valence-electron chi connectivity index (χ2n) is 3.81. The Morgan fingerprint density at radius 2 is 2.11 bits per heavy atom. The second kappa shape index (κ2) is 4.88. The van der Waals surface area contributed by atoms with Gasteiger partial charge in [0.05, 0.1) is 10.6 Å². The molecule has 5 heteroatoms. The zero-order chi connectivity index (χ0) is 12.4. The molecule has 18 heavy (non-hydrogen) atoms. The predicted octanol–water partition coefficient (Wildman–Crippen LogP) is 4.32. The molecule has 0 fully saturated rings. The van der Waals surface area contributed by atoms with Gasteiger partial charge in [0.1, 0.15) is 5.82 Å². The molecule has 0 aromatic carbocycles. The Bertz CT molecular complexity index is 644. The largest absolute Gasteiger partial charge is 0.316 e. The van der Waals surface area contributed by atoms with Crippen LogP contribution in [0.25, 0.3) is 10.6 Å². The smallest absolute Gasteiger partial charge is 0.188 e. The van der Waals surface area contributed by atoms with E-state index in [1.54, 1.807) is 28.9 Å². The highest BCUT2D eigenvalue weighted by Gasteiger charge is 2.06. The number of rotatable bonds is 3. The third-order valence-corrected chi connectivity index (χ3v) is 4.16. The Morgan fingerprint density at radius 1 is 1.17 bits per heavy atom. The molecule has 1 N–H and O–H groups in total. The van der Waals surface area contributed by atoms with Crippen molar-refractivity contribution in [3.8, 4) is 10.6 Å². The Morgan fingerprint density at radius 3 is 2.89 bits per heavy atom. The number of nitrogens with zero attached hydrogens (tertiary/aromatic N) is 2. The van der Waals surface area contributed by atoms with E-state index in [0.717, 1.165) is 22.2 Å². The molecular formula is C13H11N3S2. The first-order chi connectivity index (χ1) is 8.83. The van der Waals surface area contributed by atoms with Gasteiger partial charge in [0.2, 0.25) is 0 Å². The summed E-state index contributed by atoms with van der Waals surface area (Å²) in [5.74, 6) is 0.865. The van der Waals surface area contributed by atoms with E-state index in [1.165, 1.54) is 4.88 Å². The van der Waals surface area contributed by atoms with E-state index < -0.39 is 0 Å². The van der Waals surface area contributed by atoms with Crippen LogP contribution >= 0.6 is 22.7 Å². The Balaban J connectivity index is 1.85. The zero-order valence-electron chi connectivity index (χ0n) is 9.75. The Hall–Kier alpha value is -1.72. The molecule has 0 aliphatic heterocycles. The van der Waals surface area contributed by atoms with Crippen LogP contribution in [0.15, 0.2) is 41.2 Å². The summed E-state index contributed by atoms with van der Waals surface area (Å²) < 4.78 is 0. The maximum Gasteiger partial charge on any atom is 0.188 e. The van der Waals surface area contributed by atoms with Gasteiger partial charge >= 0.3 is 0 Å². The standard InChI is InChI=1S/C13H11N3S2/c1-9-4-2-6-14-12(9)16-13-15-10(8-18-13)11-5-3-7-17-11/h2-8H,1H3,(H,14,15,16). The molecule has 3 aromatic heterocycles. The minimum atomic E-state index is 0.865. The Labute approximate surface area is 113 Å². The minimum absolute atomic E-state index is 0.865. The SMILES string of the molecule is Cc1cccnc1Nc1nc(-c2cccs2)cs1.